The van der Waals surface area contributed by atoms with Crippen LogP contribution in [0.4, 0.5) is 0 Å². The van der Waals surface area contributed by atoms with Gasteiger partial charge in [-0.1, -0.05) is 6.92 Å². The molecule has 17 heavy (non-hydrogen) atoms. The average Bonchev–Trinajstić information content (AvgIpc) is 2.27. The fourth-order valence-electron chi connectivity index (χ4n) is 2.30. The van der Waals surface area contributed by atoms with E-state index in [9.17, 15) is 14.7 Å². The molecule has 1 amide bonds. The number of carboxylic acids is 1. The van der Waals surface area contributed by atoms with E-state index in [-0.39, 0.29) is 37.3 Å². The van der Waals surface area contributed by atoms with Gasteiger partial charge in [0.25, 0.3) is 0 Å². The van der Waals surface area contributed by atoms with Gasteiger partial charge in [0.2, 0.25) is 5.91 Å². The lowest BCUT2D eigenvalue weighted by Crippen LogP contribution is -2.46. The lowest BCUT2D eigenvalue weighted by molar-refractivity contribution is -0.139. The van der Waals surface area contributed by atoms with Crippen molar-refractivity contribution in [2.24, 2.45) is 5.92 Å². The van der Waals surface area contributed by atoms with Gasteiger partial charge in [0.1, 0.15) is 0 Å². The quantitative estimate of drug-likeness (QED) is 0.750. The second kappa shape index (κ2) is 6.59. The highest BCUT2D eigenvalue weighted by atomic mass is 16.4. The van der Waals surface area contributed by atoms with Crippen molar-refractivity contribution in [2.45, 2.75) is 45.1 Å². The van der Waals surface area contributed by atoms with E-state index < -0.39 is 5.97 Å². The molecule has 5 nitrogen and oxygen atoms in total. The summed E-state index contributed by atoms with van der Waals surface area (Å²) in [6.45, 7) is 2.45. The minimum Gasteiger partial charge on any atom is -0.481 e. The zero-order chi connectivity index (χ0) is 12.8. The van der Waals surface area contributed by atoms with Crippen LogP contribution in [0.15, 0.2) is 0 Å². The van der Waals surface area contributed by atoms with Gasteiger partial charge in [-0.3, -0.25) is 9.59 Å². The molecule has 2 N–H and O–H groups in total. The molecule has 0 saturated carbocycles. The Morgan fingerprint density at radius 3 is 2.65 bits per heavy atom. The van der Waals surface area contributed by atoms with E-state index in [2.05, 4.69) is 0 Å². The molecular formula is C12H21NO4. The first-order valence-electron chi connectivity index (χ1n) is 6.16. The summed E-state index contributed by atoms with van der Waals surface area (Å²) >= 11 is 0. The van der Waals surface area contributed by atoms with Gasteiger partial charge in [-0.2, -0.15) is 0 Å². The van der Waals surface area contributed by atoms with Crippen molar-refractivity contribution in [3.8, 4) is 0 Å². The Morgan fingerprint density at radius 2 is 2.06 bits per heavy atom. The smallest absolute Gasteiger partial charge is 0.303 e. The fraction of sp³-hybridized carbons (Fsp3) is 0.833. The van der Waals surface area contributed by atoms with Gasteiger partial charge in [0.15, 0.2) is 0 Å². The van der Waals surface area contributed by atoms with Crippen LogP contribution in [0.25, 0.3) is 0 Å². The first-order chi connectivity index (χ1) is 8.04. The maximum atomic E-state index is 12.0. The van der Waals surface area contributed by atoms with Gasteiger partial charge < -0.3 is 15.1 Å². The third-order valence-electron chi connectivity index (χ3n) is 3.20. The van der Waals surface area contributed by atoms with Crippen LogP contribution in [0.1, 0.15) is 39.0 Å². The van der Waals surface area contributed by atoms with Gasteiger partial charge in [-0.05, 0) is 25.2 Å². The number of amides is 1. The van der Waals surface area contributed by atoms with Crippen molar-refractivity contribution >= 4 is 11.9 Å². The predicted octanol–water partition coefficient (Wildman–Crippen LogP) is 0.861. The van der Waals surface area contributed by atoms with Gasteiger partial charge in [-0.25, -0.2) is 0 Å². The van der Waals surface area contributed by atoms with Crippen molar-refractivity contribution in [1.29, 1.82) is 0 Å². The first-order valence-corrected chi connectivity index (χ1v) is 6.16. The van der Waals surface area contributed by atoms with Crippen LogP contribution in [0, 0.1) is 5.92 Å². The first kappa shape index (κ1) is 14.0. The molecule has 0 aromatic rings. The highest BCUT2D eigenvalue weighted by Gasteiger charge is 2.27. The van der Waals surface area contributed by atoms with Gasteiger partial charge in [0, 0.05) is 19.4 Å². The molecule has 1 saturated heterocycles. The van der Waals surface area contributed by atoms with Crippen LogP contribution >= 0.6 is 0 Å². The molecule has 0 bridgehead atoms. The molecule has 2 atom stereocenters. The SMILES string of the molecule is CC(CC(=O)O)CC(=O)N1CCCCC1CO. The summed E-state index contributed by atoms with van der Waals surface area (Å²) in [5, 5.41) is 17.8. The highest BCUT2D eigenvalue weighted by molar-refractivity contribution is 5.77. The second-order valence-electron chi connectivity index (χ2n) is 4.83. The van der Waals surface area contributed by atoms with Crippen LogP contribution in [0.3, 0.4) is 0 Å². The Labute approximate surface area is 101 Å². The topological polar surface area (TPSA) is 77.8 Å². The third-order valence-corrected chi connectivity index (χ3v) is 3.20. The molecule has 5 heteroatoms. The Kier molecular flexibility index (Phi) is 5.41. The van der Waals surface area contributed by atoms with E-state index in [1.807, 2.05) is 0 Å². The van der Waals surface area contributed by atoms with Crippen molar-refractivity contribution in [3.05, 3.63) is 0 Å². The van der Waals surface area contributed by atoms with E-state index in [1.165, 1.54) is 0 Å². The number of carboxylic acid groups (broad SMARTS) is 1. The van der Waals surface area contributed by atoms with E-state index in [4.69, 9.17) is 5.11 Å². The summed E-state index contributed by atoms with van der Waals surface area (Å²) in [6, 6.07) is -0.0757. The number of piperidine rings is 1. The monoisotopic (exact) mass is 243 g/mol. The minimum absolute atomic E-state index is 0.000941. The Morgan fingerprint density at radius 1 is 1.35 bits per heavy atom. The Balaban J connectivity index is 2.47. The van der Waals surface area contributed by atoms with Crippen molar-refractivity contribution in [3.63, 3.8) is 0 Å². The summed E-state index contributed by atoms with van der Waals surface area (Å²) in [7, 11) is 0. The number of carbonyl (C=O) groups is 2. The molecule has 1 aliphatic rings. The number of hydrogen-bond donors (Lipinski definition) is 2. The molecule has 1 fully saturated rings. The normalized spacial score (nSPS) is 22.2. The maximum Gasteiger partial charge on any atom is 0.303 e. The lowest BCUT2D eigenvalue weighted by atomic mass is 9.99. The molecular weight excluding hydrogens is 222 g/mol. The van der Waals surface area contributed by atoms with Crippen molar-refractivity contribution in [1.82, 2.24) is 4.90 Å². The van der Waals surface area contributed by atoms with E-state index >= 15 is 0 Å². The van der Waals surface area contributed by atoms with Gasteiger partial charge >= 0.3 is 5.97 Å². The molecule has 2 unspecified atom stereocenters. The molecule has 0 aliphatic carbocycles. The average molecular weight is 243 g/mol. The van der Waals surface area contributed by atoms with Crippen LogP contribution in [-0.4, -0.2) is 46.2 Å². The zero-order valence-corrected chi connectivity index (χ0v) is 10.3. The minimum atomic E-state index is -0.873. The summed E-state index contributed by atoms with van der Waals surface area (Å²) < 4.78 is 0. The van der Waals surface area contributed by atoms with Crippen LogP contribution in [0.5, 0.6) is 0 Å². The van der Waals surface area contributed by atoms with Crippen molar-refractivity contribution in [2.75, 3.05) is 13.2 Å². The molecule has 0 radical (unpaired) electrons. The summed E-state index contributed by atoms with van der Waals surface area (Å²) in [4.78, 5) is 24.2. The lowest BCUT2D eigenvalue weighted by Gasteiger charge is -2.35. The summed E-state index contributed by atoms with van der Waals surface area (Å²) in [5.41, 5.74) is 0. The maximum absolute atomic E-state index is 12.0. The number of aliphatic hydroxyl groups excluding tert-OH is 1. The third kappa shape index (κ3) is 4.34. The van der Waals surface area contributed by atoms with Gasteiger partial charge in [-0.15, -0.1) is 0 Å². The molecule has 1 rings (SSSR count). The van der Waals surface area contributed by atoms with E-state index in [0.717, 1.165) is 19.3 Å². The van der Waals surface area contributed by atoms with Crippen LogP contribution in [-0.2, 0) is 9.59 Å². The largest absolute Gasteiger partial charge is 0.481 e. The number of carbonyl (C=O) groups excluding carboxylic acids is 1. The Bertz CT molecular complexity index is 280. The molecule has 0 aromatic heterocycles. The molecule has 1 aliphatic heterocycles. The van der Waals surface area contributed by atoms with Crippen molar-refractivity contribution < 1.29 is 19.8 Å². The number of rotatable bonds is 5. The van der Waals surface area contributed by atoms with E-state index in [0.29, 0.717) is 6.54 Å². The van der Waals surface area contributed by atoms with E-state index in [1.54, 1.807) is 11.8 Å². The fourth-order valence-corrected chi connectivity index (χ4v) is 2.30. The number of aliphatic hydroxyl groups is 1. The number of aliphatic carboxylic acids is 1. The van der Waals surface area contributed by atoms with Crippen LogP contribution in [0.2, 0.25) is 0 Å². The summed E-state index contributed by atoms with van der Waals surface area (Å²) in [5.74, 6) is -1.05. The number of hydrogen-bond acceptors (Lipinski definition) is 3. The molecule has 0 aromatic carbocycles. The highest BCUT2D eigenvalue weighted by Crippen LogP contribution is 2.19. The Hall–Kier alpha value is -1.10. The summed E-state index contributed by atoms with van der Waals surface area (Å²) in [6.07, 6.45) is 3.12. The standard InChI is InChI=1S/C12H21NO4/c1-9(7-12(16)17)6-11(15)13-5-3-2-4-10(13)8-14/h9-10,14H,2-8H2,1H3,(H,16,17). The number of nitrogens with zero attached hydrogens (tertiary/aromatic N) is 1. The van der Waals surface area contributed by atoms with Crippen LogP contribution < -0.4 is 0 Å². The molecule has 1 heterocycles. The predicted molar refractivity (Wildman–Crippen MR) is 62.5 cm³/mol. The number of likely N-dealkylation sites (tertiary alicyclic amines) is 1. The molecule has 0 spiro atoms. The van der Waals surface area contributed by atoms with Gasteiger partial charge in [0.05, 0.1) is 12.6 Å². The molecule has 98 valence electrons. The second-order valence-corrected chi connectivity index (χ2v) is 4.83. The zero-order valence-electron chi connectivity index (χ0n) is 10.3.